The third kappa shape index (κ3) is 5.35. The number of allylic oxidation sites excluding steroid dienone is 8. The van der Waals surface area contributed by atoms with Crippen LogP contribution in [0.3, 0.4) is 0 Å². The van der Waals surface area contributed by atoms with E-state index < -0.39 is 0 Å². The average Bonchev–Trinajstić information content (AvgIpc) is 2.86. The van der Waals surface area contributed by atoms with E-state index in [0.717, 1.165) is 37.8 Å². The molecule has 0 amide bonds. The molecule has 202 valence electrons. The summed E-state index contributed by atoms with van der Waals surface area (Å²) in [5.74, 6) is 0.874. The molecule has 0 radical (unpaired) electrons. The van der Waals surface area contributed by atoms with Crippen molar-refractivity contribution in [2.45, 2.75) is 86.6 Å². The van der Waals surface area contributed by atoms with Crippen LogP contribution in [-0.2, 0) is 0 Å². The summed E-state index contributed by atoms with van der Waals surface area (Å²) in [5.41, 5.74) is 11.9. The smallest absolute Gasteiger partial charge is 0.0512 e. The second-order valence-electron chi connectivity index (χ2n) is 13.0. The minimum absolute atomic E-state index is 0.000217. The van der Waals surface area contributed by atoms with Gasteiger partial charge in [-0.1, -0.05) is 126 Å². The molecular weight excluding hydrogens is 458 g/mol. The average molecular weight is 508 g/mol. The summed E-state index contributed by atoms with van der Waals surface area (Å²) >= 11 is 0. The van der Waals surface area contributed by atoms with Crippen LogP contribution in [-0.4, -0.2) is 6.04 Å². The molecule has 0 aliphatic heterocycles. The fraction of sp³-hybridized carbons (Fsp3) is 0.459. The third-order valence-electron chi connectivity index (χ3n) is 9.59. The van der Waals surface area contributed by atoms with Crippen molar-refractivity contribution in [1.29, 1.82) is 0 Å². The number of benzene rings is 1. The van der Waals surface area contributed by atoms with Gasteiger partial charge in [0.1, 0.15) is 0 Å². The number of hydrogen-bond donors (Lipinski definition) is 1. The quantitative estimate of drug-likeness (QED) is 0.272. The van der Waals surface area contributed by atoms with Crippen LogP contribution in [0.5, 0.6) is 0 Å². The van der Waals surface area contributed by atoms with Gasteiger partial charge in [0.2, 0.25) is 0 Å². The van der Waals surface area contributed by atoms with Gasteiger partial charge in [0.05, 0.1) is 6.04 Å². The fourth-order valence-corrected chi connectivity index (χ4v) is 7.21. The monoisotopic (exact) mass is 507 g/mol. The van der Waals surface area contributed by atoms with E-state index in [2.05, 4.69) is 122 Å². The maximum Gasteiger partial charge on any atom is 0.0512 e. The molecule has 0 saturated carbocycles. The summed E-state index contributed by atoms with van der Waals surface area (Å²) < 4.78 is 0. The molecule has 0 spiro atoms. The molecule has 4 atom stereocenters. The Balaban J connectivity index is 1.49. The molecule has 0 saturated heterocycles. The molecule has 0 bridgehead atoms. The largest absolute Gasteiger partial charge is 0.378 e. The highest BCUT2D eigenvalue weighted by Gasteiger charge is 2.46. The standard InChI is InChI=1S/C37H49N/c1-11-12-25(3)30-13-15-31(16-14-30)33-19-20-37(10)23-32(17-18-35(37)36(33,8)9)28(6)29(7)38-34-22-24(2)21-26(4)27(34)5/h13-16,18-19,21-22,27,32,34,38H,3,6-7,11-12,17,20,23H2,1-2,4-5,8-10H3/t27?,32?,34?,37-/m1/s1. The first-order valence-corrected chi connectivity index (χ1v) is 14.6. The Hall–Kier alpha value is -2.80. The normalized spacial score (nSPS) is 28.2. The SMILES string of the molecule is C=C(NC1C=C(C)C=C(C)C1C)C(=C)C1CC=C2C(C)(C)C(c3ccc(C(=C)CCC)cc3)=CC[C@]2(C)C1. The molecule has 0 heterocycles. The first kappa shape index (κ1) is 28.2. The molecule has 3 unspecified atom stereocenters. The molecular formula is C37H49N. The van der Waals surface area contributed by atoms with Gasteiger partial charge in [0, 0.05) is 17.0 Å². The lowest BCUT2D eigenvalue weighted by Crippen LogP contribution is -2.39. The molecule has 1 heteroatoms. The zero-order valence-corrected chi connectivity index (χ0v) is 25.0. The van der Waals surface area contributed by atoms with E-state index in [1.54, 1.807) is 5.57 Å². The Morgan fingerprint density at radius 3 is 2.37 bits per heavy atom. The van der Waals surface area contributed by atoms with Crippen molar-refractivity contribution >= 4 is 11.1 Å². The van der Waals surface area contributed by atoms with Gasteiger partial charge in [-0.05, 0) is 78.7 Å². The van der Waals surface area contributed by atoms with Crippen LogP contribution in [0.2, 0.25) is 0 Å². The predicted molar refractivity (Wildman–Crippen MR) is 168 cm³/mol. The maximum atomic E-state index is 4.56. The molecule has 1 aromatic carbocycles. The van der Waals surface area contributed by atoms with E-state index in [1.807, 2.05) is 0 Å². The summed E-state index contributed by atoms with van der Waals surface area (Å²) in [6.45, 7) is 29.5. The zero-order valence-electron chi connectivity index (χ0n) is 25.0. The Labute approximate surface area is 232 Å². The zero-order chi connectivity index (χ0) is 27.8. The van der Waals surface area contributed by atoms with E-state index in [4.69, 9.17) is 0 Å². The van der Waals surface area contributed by atoms with Gasteiger partial charge in [-0.3, -0.25) is 0 Å². The van der Waals surface area contributed by atoms with Crippen LogP contribution >= 0.6 is 0 Å². The van der Waals surface area contributed by atoms with Crippen LogP contribution in [0, 0.1) is 22.7 Å². The van der Waals surface area contributed by atoms with E-state index in [-0.39, 0.29) is 16.9 Å². The topological polar surface area (TPSA) is 12.0 Å². The summed E-state index contributed by atoms with van der Waals surface area (Å²) in [6.07, 6.45) is 15.1. The van der Waals surface area contributed by atoms with Crippen LogP contribution in [0.25, 0.3) is 11.1 Å². The van der Waals surface area contributed by atoms with Crippen molar-refractivity contribution in [3.05, 3.63) is 107 Å². The number of hydrogen-bond acceptors (Lipinski definition) is 1. The highest BCUT2D eigenvalue weighted by atomic mass is 14.9. The Bertz CT molecular complexity index is 1240. The maximum absolute atomic E-state index is 4.56. The lowest BCUT2D eigenvalue weighted by Gasteiger charge is -2.50. The van der Waals surface area contributed by atoms with Gasteiger partial charge < -0.3 is 5.32 Å². The molecule has 38 heavy (non-hydrogen) atoms. The van der Waals surface area contributed by atoms with E-state index in [9.17, 15) is 0 Å². The van der Waals surface area contributed by atoms with Gasteiger partial charge in [-0.2, -0.15) is 0 Å². The van der Waals surface area contributed by atoms with Crippen molar-refractivity contribution in [2.24, 2.45) is 22.7 Å². The van der Waals surface area contributed by atoms with Gasteiger partial charge >= 0.3 is 0 Å². The summed E-state index contributed by atoms with van der Waals surface area (Å²) in [7, 11) is 0. The van der Waals surface area contributed by atoms with Gasteiger partial charge in [-0.15, -0.1) is 0 Å². The minimum Gasteiger partial charge on any atom is -0.378 e. The molecule has 1 nitrogen and oxygen atoms in total. The summed E-state index contributed by atoms with van der Waals surface area (Å²) in [5, 5.41) is 3.73. The molecule has 3 aliphatic carbocycles. The Morgan fingerprint density at radius 1 is 1.03 bits per heavy atom. The first-order valence-electron chi connectivity index (χ1n) is 14.6. The number of fused-ring (bicyclic) bond motifs is 1. The third-order valence-corrected chi connectivity index (χ3v) is 9.59. The van der Waals surface area contributed by atoms with Crippen molar-refractivity contribution in [3.8, 4) is 0 Å². The second-order valence-corrected chi connectivity index (χ2v) is 13.0. The fourth-order valence-electron chi connectivity index (χ4n) is 7.21. The molecule has 0 fully saturated rings. The highest BCUT2D eigenvalue weighted by Crippen LogP contribution is 2.59. The lowest BCUT2D eigenvalue weighted by molar-refractivity contribution is 0.244. The van der Waals surface area contributed by atoms with Crippen molar-refractivity contribution in [1.82, 2.24) is 5.32 Å². The van der Waals surface area contributed by atoms with Crippen LogP contribution in [0.4, 0.5) is 0 Å². The van der Waals surface area contributed by atoms with E-state index in [1.165, 1.54) is 39.0 Å². The van der Waals surface area contributed by atoms with Crippen molar-refractivity contribution in [3.63, 3.8) is 0 Å². The van der Waals surface area contributed by atoms with Gasteiger partial charge in [-0.25, -0.2) is 0 Å². The Kier molecular flexibility index (Phi) is 7.99. The molecule has 3 aliphatic rings. The molecule has 4 rings (SSSR count). The van der Waals surface area contributed by atoms with E-state index in [0.29, 0.717) is 11.8 Å². The number of rotatable bonds is 8. The Morgan fingerprint density at radius 2 is 1.71 bits per heavy atom. The number of nitrogens with one attached hydrogen (secondary N) is 1. The molecule has 0 aromatic heterocycles. The lowest BCUT2D eigenvalue weighted by atomic mass is 9.54. The van der Waals surface area contributed by atoms with Crippen LogP contribution < -0.4 is 5.32 Å². The molecule has 1 aromatic rings. The van der Waals surface area contributed by atoms with E-state index >= 15 is 0 Å². The van der Waals surface area contributed by atoms with Crippen molar-refractivity contribution in [2.75, 3.05) is 0 Å². The van der Waals surface area contributed by atoms with Crippen molar-refractivity contribution < 1.29 is 0 Å². The summed E-state index contributed by atoms with van der Waals surface area (Å²) in [6, 6.07) is 9.39. The first-order chi connectivity index (χ1) is 17.9. The van der Waals surface area contributed by atoms with Crippen LogP contribution in [0.15, 0.2) is 96.3 Å². The summed E-state index contributed by atoms with van der Waals surface area (Å²) in [4.78, 5) is 0. The van der Waals surface area contributed by atoms with Gasteiger partial charge in [0.15, 0.2) is 0 Å². The second kappa shape index (κ2) is 10.8. The highest BCUT2D eigenvalue weighted by molar-refractivity contribution is 5.76. The predicted octanol–water partition coefficient (Wildman–Crippen LogP) is 10.2. The molecule has 1 N–H and O–H groups in total. The van der Waals surface area contributed by atoms with Crippen LogP contribution in [0.1, 0.15) is 91.7 Å². The minimum atomic E-state index is 0.000217. The van der Waals surface area contributed by atoms with Gasteiger partial charge in [0.25, 0.3) is 0 Å².